The summed E-state index contributed by atoms with van der Waals surface area (Å²) in [6.07, 6.45) is 0.390. The van der Waals surface area contributed by atoms with Crippen molar-refractivity contribution in [3.63, 3.8) is 0 Å². The Kier molecular flexibility index (Phi) is 5.54. The molecule has 0 fully saturated rings. The van der Waals surface area contributed by atoms with Gasteiger partial charge in [-0.05, 0) is 17.7 Å². The van der Waals surface area contributed by atoms with Gasteiger partial charge in [-0.25, -0.2) is 4.79 Å². The normalized spacial score (nSPS) is 11.8. The van der Waals surface area contributed by atoms with Crippen LogP contribution in [0.25, 0.3) is 0 Å². The number of methoxy groups -OCH3 is 1. The van der Waals surface area contributed by atoms with E-state index in [9.17, 15) is 19.5 Å². The van der Waals surface area contributed by atoms with Crippen LogP contribution in [0.3, 0.4) is 0 Å². The van der Waals surface area contributed by atoms with Crippen molar-refractivity contribution in [1.29, 1.82) is 0 Å². The SMILES string of the molecule is COc1ccc([C@H](O)CNC(=O)Cn2ccc(=O)n(C)c2=O)cc1. The highest BCUT2D eigenvalue weighted by Crippen LogP contribution is 2.16. The third kappa shape index (κ3) is 4.11. The number of hydrogen-bond donors (Lipinski definition) is 2. The van der Waals surface area contributed by atoms with Crippen molar-refractivity contribution < 1.29 is 14.6 Å². The molecule has 1 atom stereocenters. The molecule has 0 radical (unpaired) electrons. The number of aliphatic hydroxyl groups excluding tert-OH is 1. The first-order valence-electron chi connectivity index (χ1n) is 7.27. The number of nitrogens with zero attached hydrogens (tertiary/aromatic N) is 2. The van der Waals surface area contributed by atoms with Gasteiger partial charge in [-0.1, -0.05) is 12.1 Å². The fourth-order valence-electron chi connectivity index (χ4n) is 2.10. The Morgan fingerprint density at radius 3 is 2.54 bits per heavy atom. The first-order chi connectivity index (χ1) is 11.4. The van der Waals surface area contributed by atoms with E-state index in [-0.39, 0.29) is 13.1 Å². The largest absolute Gasteiger partial charge is 0.497 e. The van der Waals surface area contributed by atoms with Crippen molar-refractivity contribution in [2.75, 3.05) is 13.7 Å². The Labute approximate surface area is 137 Å². The molecule has 2 rings (SSSR count). The first kappa shape index (κ1) is 17.5. The fraction of sp³-hybridized carbons (Fsp3) is 0.312. The van der Waals surface area contributed by atoms with E-state index < -0.39 is 23.3 Å². The summed E-state index contributed by atoms with van der Waals surface area (Å²) < 4.78 is 7.07. The minimum Gasteiger partial charge on any atom is -0.497 e. The zero-order valence-electron chi connectivity index (χ0n) is 13.4. The molecule has 0 saturated carbocycles. The van der Waals surface area contributed by atoms with Gasteiger partial charge >= 0.3 is 5.69 Å². The van der Waals surface area contributed by atoms with E-state index in [0.717, 1.165) is 9.13 Å². The van der Waals surface area contributed by atoms with Gasteiger partial charge in [0.05, 0.1) is 13.2 Å². The van der Waals surface area contributed by atoms with Gasteiger partial charge in [0.25, 0.3) is 5.56 Å². The summed E-state index contributed by atoms with van der Waals surface area (Å²) in [5, 5.41) is 12.6. The summed E-state index contributed by atoms with van der Waals surface area (Å²) >= 11 is 0. The van der Waals surface area contributed by atoms with Gasteiger partial charge in [0.1, 0.15) is 12.3 Å². The molecule has 8 nitrogen and oxygen atoms in total. The van der Waals surface area contributed by atoms with Gasteiger partial charge in [-0.15, -0.1) is 0 Å². The van der Waals surface area contributed by atoms with Crippen LogP contribution in [0.1, 0.15) is 11.7 Å². The van der Waals surface area contributed by atoms with E-state index in [0.29, 0.717) is 11.3 Å². The van der Waals surface area contributed by atoms with Crippen LogP contribution in [0, 0.1) is 0 Å². The van der Waals surface area contributed by atoms with E-state index in [1.807, 2.05) is 0 Å². The molecule has 1 amide bonds. The van der Waals surface area contributed by atoms with E-state index in [4.69, 9.17) is 4.74 Å². The molecule has 128 valence electrons. The second kappa shape index (κ2) is 7.60. The first-order valence-corrected chi connectivity index (χ1v) is 7.27. The topological polar surface area (TPSA) is 103 Å². The maximum absolute atomic E-state index is 11.9. The molecule has 1 aromatic carbocycles. The Morgan fingerprint density at radius 2 is 1.92 bits per heavy atom. The van der Waals surface area contributed by atoms with Gasteiger partial charge in [-0.2, -0.15) is 0 Å². The second-order valence-corrected chi connectivity index (χ2v) is 5.22. The van der Waals surface area contributed by atoms with Gasteiger partial charge in [-0.3, -0.25) is 18.7 Å². The Morgan fingerprint density at radius 1 is 1.25 bits per heavy atom. The highest BCUT2D eigenvalue weighted by molar-refractivity contribution is 5.75. The summed E-state index contributed by atoms with van der Waals surface area (Å²) in [7, 11) is 2.89. The molecule has 0 saturated heterocycles. The van der Waals surface area contributed by atoms with Crippen LogP contribution < -0.4 is 21.3 Å². The zero-order chi connectivity index (χ0) is 17.7. The number of aliphatic hydroxyl groups is 1. The number of carbonyl (C=O) groups excluding carboxylic acids is 1. The summed E-state index contributed by atoms with van der Waals surface area (Å²) in [4.78, 5) is 35.0. The van der Waals surface area contributed by atoms with Crippen molar-refractivity contribution in [3.05, 3.63) is 62.9 Å². The molecular weight excluding hydrogens is 314 g/mol. The lowest BCUT2D eigenvalue weighted by Crippen LogP contribution is -2.40. The molecule has 2 aromatic rings. The minimum absolute atomic E-state index is 0.00563. The summed E-state index contributed by atoms with van der Waals surface area (Å²) in [5.41, 5.74) is -0.379. The van der Waals surface area contributed by atoms with Crippen LogP contribution in [0.2, 0.25) is 0 Å². The number of ether oxygens (including phenoxy) is 1. The van der Waals surface area contributed by atoms with Crippen LogP contribution in [-0.2, 0) is 18.4 Å². The predicted octanol–water partition coefficient (Wildman–Crippen LogP) is -0.595. The molecule has 0 aliphatic carbocycles. The van der Waals surface area contributed by atoms with Crippen molar-refractivity contribution in [1.82, 2.24) is 14.5 Å². The third-order valence-electron chi connectivity index (χ3n) is 3.57. The van der Waals surface area contributed by atoms with Crippen LogP contribution in [-0.4, -0.2) is 33.8 Å². The van der Waals surface area contributed by atoms with Crippen LogP contribution >= 0.6 is 0 Å². The van der Waals surface area contributed by atoms with E-state index in [1.165, 1.54) is 19.3 Å². The summed E-state index contributed by atoms with van der Waals surface area (Å²) in [6.45, 7) is -0.228. The van der Waals surface area contributed by atoms with Gasteiger partial charge in [0, 0.05) is 25.9 Å². The highest BCUT2D eigenvalue weighted by Gasteiger charge is 2.11. The fourth-order valence-corrected chi connectivity index (χ4v) is 2.10. The number of amides is 1. The van der Waals surface area contributed by atoms with E-state index in [2.05, 4.69) is 5.32 Å². The zero-order valence-corrected chi connectivity index (χ0v) is 13.4. The molecule has 0 unspecified atom stereocenters. The average molecular weight is 333 g/mol. The number of benzene rings is 1. The summed E-state index contributed by atoms with van der Waals surface area (Å²) in [6, 6.07) is 8.04. The lowest BCUT2D eigenvalue weighted by Gasteiger charge is -2.13. The maximum Gasteiger partial charge on any atom is 0.331 e. The van der Waals surface area contributed by atoms with Crippen LogP contribution in [0.4, 0.5) is 0 Å². The van der Waals surface area contributed by atoms with Crippen molar-refractivity contribution >= 4 is 5.91 Å². The van der Waals surface area contributed by atoms with Crippen molar-refractivity contribution in [2.45, 2.75) is 12.6 Å². The monoisotopic (exact) mass is 333 g/mol. The Balaban J connectivity index is 1.94. The Bertz CT molecular complexity index is 823. The van der Waals surface area contributed by atoms with E-state index >= 15 is 0 Å². The lowest BCUT2D eigenvalue weighted by atomic mass is 10.1. The van der Waals surface area contributed by atoms with Crippen molar-refractivity contribution in [3.8, 4) is 5.75 Å². The number of aromatic nitrogens is 2. The molecule has 0 bridgehead atoms. The maximum atomic E-state index is 11.9. The standard InChI is InChI=1S/C16H19N3O5/c1-18-15(22)7-8-19(16(18)23)10-14(21)17-9-13(20)11-3-5-12(24-2)6-4-11/h3-8,13,20H,9-10H2,1-2H3,(H,17,21)/t13-/m1/s1. The molecule has 0 spiro atoms. The molecule has 24 heavy (non-hydrogen) atoms. The number of hydrogen-bond acceptors (Lipinski definition) is 5. The predicted molar refractivity (Wildman–Crippen MR) is 86.9 cm³/mol. The van der Waals surface area contributed by atoms with Gasteiger partial charge in [0.15, 0.2) is 0 Å². The molecule has 8 heteroatoms. The second-order valence-electron chi connectivity index (χ2n) is 5.22. The minimum atomic E-state index is -0.878. The highest BCUT2D eigenvalue weighted by atomic mass is 16.5. The van der Waals surface area contributed by atoms with Gasteiger partial charge < -0.3 is 15.2 Å². The number of rotatable bonds is 6. The molecule has 0 aliphatic rings. The molecule has 0 aliphatic heterocycles. The quantitative estimate of drug-likeness (QED) is 0.735. The Hall–Kier alpha value is -2.87. The van der Waals surface area contributed by atoms with Crippen molar-refractivity contribution in [2.24, 2.45) is 7.05 Å². The average Bonchev–Trinajstić information content (AvgIpc) is 2.60. The number of carbonyl (C=O) groups is 1. The number of nitrogens with one attached hydrogen (secondary N) is 1. The third-order valence-corrected chi connectivity index (χ3v) is 3.57. The van der Waals surface area contributed by atoms with E-state index in [1.54, 1.807) is 31.4 Å². The van der Waals surface area contributed by atoms with Crippen LogP contribution in [0.15, 0.2) is 46.1 Å². The summed E-state index contributed by atoms with van der Waals surface area (Å²) in [5.74, 6) is 0.229. The molecular formula is C16H19N3O5. The lowest BCUT2D eigenvalue weighted by molar-refractivity contribution is -0.122. The molecule has 1 heterocycles. The molecule has 2 N–H and O–H groups in total. The van der Waals surface area contributed by atoms with Gasteiger partial charge in [0.2, 0.25) is 5.91 Å². The molecule has 1 aromatic heterocycles. The van der Waals surface area contributed by atoms with Crippen LogP contribution in [0.5, 0.6) is 5.75 Å². The smallest absolute Gasteiger partial charge is 0.331 e.